The van der Waals surface area contributed by atoms with E-state index in [0.29, 0.717) is 50.4 Å². The minimum Gasteiger partial charge on any atom is -0.462 e. The predicted molar refractivity (Wildman–Crippen MR) is 171 cm³/mol. The molecule has 2 aliphatic rings. The van der Waals surface area contributed by atoms with Crippen molar-refractivity contribution in [3.8, 4) is 11.6 Å². The van der Waals surface area contributed by atoms with Crippen molar-refractivity contribution >= 4 is 35.3 Å². The van der Waals surface area contributed by atoms with Gasteiger partial charge in [0, 0.05) is 42.5 Å². The lowest BCUT2D eigenvalue weighted by atomic mass is 9.76. The summed E-state index contributed by atoms with van der Waals surface area (Å²) in [6.45, 7) is 8.54. The number of nitrogens with two attached hydrogens (primary N) is 1. The van der Waals surface area contributed by atoms with Crippen molar-refractivity contribution in [2.45, 2.75) is 65.3 Å². The third-order valence-electron chi connectivity index (χ3n) is 8.45. The number of nitrogens with one attached hydrogen (secondary N) is 1. The number of ether oxygens (including phenoxy) is 3. The van der Waals surface area contributed by atoms with Gasteiger partial charge in [-0.05, 0) is 70.6 Å². The minimum atomic E-state index is -4.83. The van der Waals surface area contributed by atoms with Crippen molar-refractivity contribution < 1.29 is 37.0 Å². The molecule has 0 radical (unpaired) electrons. The lowest BCUT2D eigenvalue weighted by molar-refractivity contribution is -0.198. The van der Waals surface area contributed by atoms with Crippen LogP contribution in [0.25, 0.3) is 5.69 Å². The van der Waals surface area contributed by atoms with Gasteiger partial charge >= 0.3 is 18.1 Å². The Morgan fingerprint density at radius 2 is 1.81 bits per heavy atom. The van der Waals surface area contributed by atoms with E-state index in [1.54, 1.807) is 40.0 Å². The molecule has 16 heteroatoms. The molecule has 0 aliphatic carbocycles. The van der Waals surface area contributed by atoms with Crippen LogP contribution in [0, 0.1) is 17.8 Å². The maximum absolute atomic E-state index is 14.5. The van der Waals surface area contributed by atoms with Gasteiger partial charge in [-0.25, -0.2) is 4.68 Å². The van der Waals surface area contributed by atoms with Crippen LogP contribution in [0.2, 0.25) is 5.02 Å². The lowest BCUT2D eigenvalue weighted by Gasteiger charge is -2.39. The normalized spacial score (nSPS) is 18.5. The highest BCUT2D eigenvalue weighted by atomic mass is 35.5. The Balaban J connectivity index is 1.23. The molecule has 12 nitrogen and oxygen atoms in total. The minimum absolute atomic E-state index is 0.0168. The number of aromatic nitrogens is 4. The maximum Gasteiger partial charge on any atom is 0.429 e. The molecule has 0 saturated carbocycles. The number of anilines is 2. The molecule has 1 spiro atoms. The molecule has 0 amide bonds. The summed E-state index contributed by atoms with van der Waals surface area (Å²) in [4.78, 5) is 34.7. The maximum atomic E-state index is 14.5. The second-order valence-corrected chi connectivity index (χ2v) is 13.7. The van der Waals surface area contributed by atoms with Crippen LogP contribution < -0.4 is 20.7 Å². The number of hydrogen-bond donors (Lipinski definition) is 2. The van der Waals surface area contributed by atoms with Gasteiger partial charge in [-0.2, -0.15) is 28.2 Å². The molecule has 0 bridgehead atoms. The van der Waals surface area contributed by atoms with E-state index >= 15 is 0 Å². The fourth-order valence-corrected chi connectivity index (χ4v) is 6.00. The molecule has 0 unspecified atom stereocenters. The number of benzene rings is 1. The number of esters is 2. The van der Waals surface area contributed by atoms with Crippen molar-refractivity contribution in [1.29, 1.82) is 0 Å². The van der Waals surface area contributed by atoms with Gasteiger partial charge in [0.25, 0.3) is 0 Å². The summed E-state index contributed by atoms with van der Waals surface area (Å²) in [5, 5.41) is 7.74. The Morgan fingerprint density at radius 3 is 2.46 bits per heavy atom. The second kappa shape index (κ2) is 13.8. The van der Waals surface area contributed by atoms with Crippen LogP contribution in [0.1, 0.15) is 57.4 Å². The number of carbonyl (C=O) groups is 2. The van der Waals surface area contributed by atoms with E-state index in [0.717, 1.165) is 0 Å². The molecule has 4 heterocycles. The number of carbonyl (C=O) groups excluding carboxylic acids is 2. The Kier molecular flexibility index (Phi) is 10.1. The SMILES string of the molecule is Cc1ccn(-c2cc(Cl)ccc2[C@@H](Oc2cc(N3CCC4(CC3)CN[C@H](C(=O)OCCOC(=O)C(C)(C)C)C4)nc(N)n2)C(F)(F)F)n1. The number of rotatable bonds is 9. The van der Waals surface area contributed by atoms with Crippen molar-refractivity contribution in [3.05, 3.63) is 52.8 Å². The van der Waals surface area contributed by atoms with E-state index in [1.807, 2.05) is 4.90 Å². The summed E-state index contributed by atoms with van der Waals surface area (Å²) in [5.41, 5.74) is 5.66. The van der Waals surface area contributed by atoms with Gasteiger partial charge in [-0.3, -0.25) is 9.59 Å². The molecule has 3 aromatic rings. The molecule has 2 aromatic heterocycles. The zero-order valence-electron chi connectivity index (χ0n) is 27.1. The van der Waals surface area contributed by atoms with E-state index in [9.17, 15) is 22.8 Å². The number of hydrogen-bond acceptors (Lipinski definition) is 11. The van der Waals surface area contributed by atoms with Crippen LogP contribution in [0.4, 0.5) is 24.9 Å². The molecule has 3 N–H and O–H groups in total. The topological polar surface area (TPSA) is 147 Å². The fourth-order valence-electron chi connectivity index (χ4n) is 5.83. The quantitative estimate of drug-likeness (QED) is 0.231. The van der Waals surface area contributed by atoms with Gasteiger partial charge in [-0.15, -0.1) is 0 Å². The van der Waals surface area contributed by atoms with E-state index in [2.05, 4.69) is 20.4 Å². The van der Waals surface area contributed by atoms with Gasteiger partial charge in [0.1, 0.15) is 25.1 Å². The van der Waals surface area contributed by atoms with Crippen molar-refractivity contribution in [1.82, 2.24) is 25.1 Å². The van der Waals surface area contributed by atoms with E-state index < -0.39 is 29.7 Å². The fraction of sp³-hybridized carbons (Fsp3) is 0.531. The summed E-state index contributed by atoms with van der Waals surface area (Å²) < 4.78 is 61.0. The van der Waals surface area contributed by atoms with Crippen LogP contribution in [-0.4, -0.2) is 76.8 Å². The van der Waals surface area contributed by atoms with Gasteiger partial charge in [-0.1, -0.05) is 17.7 Å². The van der Waals surface area contributed by atoms with Crippen LogP contribution in [0.3, 0.4) is 0 Å². The number of aryl methyl sites for hydroxylation is 1. The number of alkyl halides is 3. The molecule has 2 aliphatic heterocycles. The van der Waals surface area contributed by atoms with Crippen LogP contribution in [-0.2, 0) is 19.1 Å². The summed E-state index contributed by atoms with van der Waals surface area (Å²) in [6, 6.07) is 6.52. The molecule has 5 rings (SSSR count). The van der Waals surface area contributed by atoms with E-state index in [-0.39, 0.29) is 52.7 Å². The van der Waals surface area contributed by atoms with Gasteiger partial charge in [0.05, 0.1) is 16.8 Å². The van der Waals surface area contributed by atoms with Crippen molar-refractivity contribution in [2.24, 2.45) is 10.8 Å². The predicted octanol–water partition coefficient (Wildman–Crippen LogP) is 4.97. The van der Waals surface area contributed by atoms with Gasteiger partial charge < -0.3 is 30.2 Å². The lowest BCUT2D eigenvalue weighted by Crippen LogP contribution is -2.41. The average molecular weight is 694 g/mol. The monoisotopic (exact) mass is 693 g/mol. The molecule has 2 atom stereocenters. The second-order valence-electron chi connectivity index (χ2n) is 13.2. The smallest absolute Gasteiger partial charge is 0.429 e. The number of nitrogens with zero attached hydrogens (tertiary/aromatic N) is 5. The highest BCUT2D eigenvalue weighted by Gasteiger charge is 2.46. The summed E-state index contributed by atoms with van der Waals surface area (Å²) in [6.07, 6.45) is -3.75. The molecule has 48 heavy (non-hydrogen) atoms. The zero-order valence-corrected chi connectivity index (χ0v) is 27.9. The summed E-state index contributed by atoms with van der Waals surface area (Å²) in [7, 11) is 0. The Morgan fingerprint density at radius 1 is 1.10 bits per heavy atom. The van der Waals surface area contributed by atoms with Crippen LogP contribution >= 0.6 is 11.6 Å². The first-order valence-corrected chi connectivity index (χ1v) is 15.9. The van der Waals surface area contributed by atoms with Crippen molar-refractivity contribution in [2.75, 3.05) is 43.5 Å². The number of nitrogen functional groups attached to an aromatic ring is 1. The Labute approximate surface area is 281 Å². The zero-order chi connectivity index (χ0) is 34.9. The molecule has 2 fully saturated rings. The van der Waals surface area contributed by atoms with E-state index in [4.69, 9.17) is 31.5 Å². The Hall–Kier alpha value is -4.11. The van der Waals surface area contributed by atoms with Crippen LogP contribution in [0.15, 0.2) is 36.5 Å². The highest BCUT2D eigenvalue weighted by molar-refractivity contribution is 6.30. The molecule has 260 valence electrons. The first-order chi connectivity index (χ1) is 22.5. The first-order valence-electron chi connectivity index (χ1n) is 15.6. The van der Waals surface area contributed by atoms with Gasteiger partial charge in [0.15, 0.2) is 0 Å². The van der Waals surface area contributed by atoms with Crippen molar-refractivity contribution in [3.63, 3.8) is 0 Å². The largest absolute Gasteiger partial charge is 0.462 e. The number of halogens is 4. The third-order valence-corrected chi connectivity index (χ3v) is 8.69. The molecular formula is C32H39ClF3N7O5. The molecular weight excluding hydrogens is 655 g/mol. The Bertz CT molecular complexity index is 1640. The highest BCUT2D eigenvalue weighted by Crippen LogP contribution is 2.42. The van der Waals surface area contributed by atoms with Gasteiger partial charge in [0.2, 0.25) is 17.9 Å². The molecule has 1 aromatic carbocycles. The average Bonchev–Trinajstić information content (AvgIpc) is 3.63. The first kappa shape index (κ1) is 35.2. The summed E-state index contributed by atoms with van der Waals surface area (Å²) in [5.74, 6) is -1.02. The molecule has 2 saturated heterocycles. The number of piperidine rings is 1. The third kappa shape index (κ3) is 8.29. The standard InChI is InChI=1S/C32H39ClF3N7O5/c1-19-7-10-43(41-19)23-15-20(33)5-6-21(23)26(32(34,35)36)48-25-16-24(39-29(37)40-25)42-11-8-31(9-12-42)17-22(38-18-31)27(44)46-13-14-47-28(45)30(2,3)4/h5-7,10,15-16,22,26,38H,8-9,11-14,17-18H2,1-4H3,(H2,37,39,40)/t22-,26+/m0/s1. The van der Waals surface area contributed by atoms with Crippen LogP contribution in [0.5, 0.6) is 5.88 Å². The summed E-state index contributed by atoms with van der Waals surface area (Å²) >= 11 is 6.15. The van der Waals surface area contributed by atoms with E-state index in [1.165, 1.54) is 28.9 Å².